The van der Waals surface area contributed by atoms with Crippen molar-refractivity contribution < 1.29 is 9.18 Å². The van der Waals surface area contributed by atoms with Crippen LogP contribution in [0.5, 0.6) is 0 Å². The van der Waals surface area contributed by atoms with Crippen molar-refractivity contribution in [1.82, 2.24) is 9.78 Å². The molecule has 3 N–H and O–H groups in total. The normalized spacial score (nSPS) is 12.2. The van der Waals surface area contributed by atoms with Crippen molar-refractivity contribution in [2.75, 3.05) is 11.9 Å². The summed E-state index contributed by atoms with van der Waals surface area (Å²) in [5.74, 6) is -1.08. The van der Waals surface area contributed by atoms with Gasteiger partial charge in [0.05, 0.1) is 27.8 Å². The highest BCUT2D eigenvalue weighted by molar-refractivity contribution is 7.20. The lowest BCUT2D eigenvalue weighted by Crippen LogP contribution is -2.30. The van der Waals surface area contributed by atoms with E-state index in [2.05, 4.69) is 10.4 Å². The molecule has 2 heterocycles. The van der Waals surface area contributed by atoms with E-state index < -0.39 is 5.92 Å². The van der Waals surface area contributed by atoms with E-state index in [1.165, 1.54) is 29.7 Å². The summed E-state index contributed by atoms with van der Waals surface area (Å²) in [5, 5.41) is 7.99. The van der Waals surface area contributed by atoms with Gasteiger partial charge in [-0.05, 0) is 30.2 Å². The molecule has 0 unspecified atom stereocenters. The van der Waals surface area contributed by atoms with Crippen LogP contribution in [0.1, 0.15) is 5.56 Å². The lowest BCUT2D eigenvalue weighted by molar-refractivity contribution is -0.119. The molecular weight excluding hydrogens is 410 g/mol. The van der Waals surface area contributed by atoms with Gasteiger partial charge in [0.2, 0.25) is 5.91 Å². The monoisotopic (exact) mass is 426 g/mol. The van der Waals surface area contributed by atoms with Gasteiger partial charge in [0, 0.05) is 19.2 Å². The number of hydrogen-bond acceptors (Lipinski definition) is 4. The van der Waals surface area contributed by atoms with Gasteiger partial charge in [0.25, 0.3) is 0 Å². The second kappa shape index (κ2) is 8.39. The van der Waals surface area contributed by atoms with Gasteiger partial charge < -0.3 is 11.1 Å². The molecule has 27 heavy (non-hydrogen) atoms. The van der Waals surface area contributed by atoms with Crippen molar-refractivity contribution in [3.8, 4) is 11.3 Å². The number of rotatable bonds is 6. The van der Waals surface area contributed by atoms with Gasteiger partial charge in [0.15, 0.2) is 0 Å². The molecule has 0 aliphatic carbocycles. The fourth-order valence-electron chi connectivity index (χ4n) is 2.76. The Balaban J connectivity index is 1.76. The van der Waals surface area contributed by atoms with E-state index in [0.29, 0.717) is 37.6 Å². The molecule has 0 radical (unpaired) electrons. The predicted octanol–water partition coefficient (Wildman–Crippen LogP) is 4.35. The van der Waals surface area contributed by atoms with Gasteiger partial charge in [-0.3, -0.25) is 9.48 Å². The van der Waals surface area contributed by atoms with Crippen molar-refractivity contribution in [2.45, 2.75) is 6.42 Å². The second-order valence-electron chi connectivity index (χ2n) is 6.02. The summed E-state index contributed by atoms with van der Waals surface area (Å²) in [7, 11) is 1.76. The topological polar surface area (TPSA) is 72.9 Å². The lowest BCUT2D eigenvalue weighted by Gasteiger charge is -2.14. The molecule has 142 valence electrons. The van der Waals surface area contributed by atoms with Crippen LogP contribution in [0.3, 0.4) is 0 Å². The number of aromatic nitrogens is 2. The molecule has 0 spiro atoms. The predicted molar refractivity (Wildman–Crippen MR) is 108 cm³/mol. The fourth-order valence-corrected chi connectivity index (χ4v) is 4.21. The zero-order valence-corrected chi connectivity index (χ0v) is 16.7. The minimum absolute atomic E-state index is 0.141. The zero-order valence-electron chi connectivity index (χ0n) is 14.4. The number of aryl methyl sites for hydroxylation is 1. The van der Waals surface area contributed by atoms with Crippen molar-refractivity contribution in [1.29, 1.82) is 0 Å². The van der Waals surface area contributed by atoms with Crippen molar-refractivity contribution in [3.05, 3.63) is 57.3 Å². The molecule has 1 aromatic carbocycles. The van der Waals surface area contributed by atoms with E-state index in [-0.39, 0.29) is 18.3 Å². The molecule has 0 bridgehead atoms. The summed E-state index contributed by atoms with van der Waals surface area (Å²) < 4.78 is 15.5. The van der Waals surface area contributed by atoms with Gasteiger partial charge >= 0.3 is 0 Å². The van der Waals surface area contributed by atoms with Crippen molar-refractivity contribution in [3.63, 3.8) is 0 Å². The van der Waals surface area contributed by atoms with E-state index >= 15 is 0 Å². The molecule has 3 rings (SSSR count). The van der Waals surface area contributed by atoms with Gasteiger partial charge in [-0.2, -0.15) is 5.10 Å². The molecule has 9 heteroatoms. The first kappa shape index (κ1) is 19.8. The summed E-state index contributed by atoms with van der Waals surface area (Å²) in [6, 6.07) is 7.90. The Bertz CT molecular complexity index is 953. The highest BCUT2D eigenvalue weighted by Crippen LogP contribution is 2.41. The minimum atomic E-state index is -0.489. The van der Waals surface area contributed by atoms with Crippen LogP contribution in [0.25, 0.3) is 11.3 Å². The Morgan fingerprint density at radius 1 is 1.41 bits per heavy atom. The fraction of sp³-hybridized carbons (Fsp3) is 0.222. The third kappa shape index (κ3) is 4.50. The van der Waals surface area contributed by atoms with E-state index in [0.717, 1.165) is 0 Å². The third-order valence-electron chi connectivity index (χ3n) is 4.11. The van der Waals surface area contributed by atoms with Crippen LogP contribution in [-0.2, 0) is 18.3 Å². The van der Waals surface area contributed by atoms with Crippen LogP contribution in [-0.4, -0.2) is 22.2 Å². The lowest BCUT2D eigenvalue weighted by atomic mass is 9.98. The summed E-state index contributed by atoms with van der Waals surface area (Å²) in [5.41, 5.74) is 7.84. The summed E-state index contributed by atoms with van der Waals surface area (Å²) in [6.07, 6.45) is 1.88. The maximum absolute atomic E-state index is 13.4. The maximum atomic E-state index is 13.4. The summed E-state index contributed by atoms with van der Waals surface area (Å²) >= 11 is 13.7. The maximum Gasteiger partial charge on any atom is 0.229 e. The Labute approximate surface area is 169 Å². The van der Waals surface area contributed by atoms with Crippen LogP contribution in [0.15, 0.2) is 36.5 Å². The molecule has 0 aliphatic rings. The number of benzene rings is 1. The number of halogens is 3. The Morgan fingerprint density at radius 2 is 2.19 bits per heavy atom. The zero-order chi connectivity index (χ0) is 19.6. The quantitative estimate of drug-likeness (QED) is 0.615. The van der Waals surface area contributed by atoms with Crippen LogP contribution >= 0.6 is 34.5 Å². The summed E-state index contributed by atoms with van der Waals surface area (Å²) in [4.78, 5) is 12.6. The Kier molecular flexibility index (Phi) is 6.16. The molecular formula is C18H17Cl2FN4OS. The van der Waals surface area contributed by atoms with Crippen LogP contribution < -0.4 is 11.1 Å². The molecule has 0 fully saturated rings. The third-order valence-corrected chi connectivity index (χ3v) is 5.66. The molecule has 0 saturated heterocycles. The number of amides is 1. The highest BCUT2D eigenvalue weighted by atomic mass is 35.5. The van der Waals surface area contributed by atoms with Gasteiger partial charge in [-0.25, -0.2) is 4.39 Å². The molecule has 2 aromatic heterocycles. The molecule has 0 aliphatic heterocycles. The number of carbonyl (C=O) groups is 1. The van der Waals surface area contributed by atoms with Crippen LogP contribution in [0, 0.1) is 11.7 Å². The number of nitrogens with two attached hydrogens (primary N) is 1. The number of nitrogens with zero attached hydrogens (tertiary/aromatic N) is 2. The number of thiophene rings is 1. The number of hydrogen-bond donors (Lipinski definition) is 2. The molecule has 1 atom stereocenters. The van der Waals surface area contributed by atoms with E-state index in [4.69, 9.17) is 28.9 Å². The second-order valence-corrected chi connectivity index (χ2v) is 8.08. The molecule has 1 amide bonds. The Morgan fingerprint density at radius 3 is 2.81 bits per heavy atom. The first-order valence-corrected chi connectivity index (χ1v) is 9.69. The first-order chi connectivity index (χ1) is 12.9. The minimum Gasteiger partial charge on any atom is -0.330 e. The summed E-state index contributed by atoms with van der Waals surface area (Å²) in [6.45, 7) is 0.141. The van der Waals surface area contributed by atoms with Crippen LogP contribution in [0.2, 0.25) is 9.36 Å². The SMILES string of the molecule is Cn1ncc(Cl)c1-c1cc(NC(=O)[C@@H](CN)Cc2cccc(F)c2)sc1Cl. The van der Waals surface area contributed by atoms with E-state index in [1.54, 1.807) is 29.9 Å². The number of nitrogens with one attached hydrogen (secondary N) is 1. The van der Waals surface area contributed by atoms with Gasteiger partial charge in [0.1, 0.15) is 10.2 Å². The van der Waals surface area contributed by atoms with Gasteiger partial charge in [-0.15, -0.1) is 11.3 Å². The average Bonchev–Trinajstić information content (AvgIpc) is 3.14. The van der Waals surface area contributed by atoms with Crippen molar-refractivity contribution in [2.24, 2.45) is 18.7 Å². The number of carbonyl (C=O) groups excluding carboxylic acids is 1. The molecule has 5 nitrogen and oxygen atoms in total. The van der Waals surface area contributed by atoms with E-state index in [1.807, 2.05) is 0 Å². The Hall–Kier alpha value is -1.93. The average molecular weight is 427 g/mol. The van der Waals surface area contributed by atoms with Gasteiger partial charge in [-0.1, -0.05) is 35.3 Å². The standard InChI is InChI=1S/C18H17Cl2FN4OS/c1-25-16(14(19)9-23-25)13-7-15(27-17(13)20)24-18(26)11(8-22)5-10-3-2-4-12(21)6-10/h2-4,6-7,9,11H,5,8,22H2,1H3,(H,24,26)/t11-/m1/s1. The van der Waals surface area contributed by atoms with Crippen LogP contribution in [0.4, 0.5) is 9.39 Å². The molecule has 0 saturated carbocycles. The smallest absolute Gasteiger partial charge is 0.229 e. The molecule has 3 aromatic rings. The largest absolute Gasteiger partial charge is 0.330 e. The first-order valence-electron chi connectivity index (χ1n) is 8.11. The number of anilines is 1. The highest BCUT2D eigenvalue weighted by Gasteiger charge is 2.21. The van der Waals surface area contributed by atoms with E-state index in [9.17, 15) is 9.18 Å². The van der Waals surface area contributed by atoms with Crippen molar-refractivity contribution >= 4 is 45.4 Å².